The molecule has 19 heavy (non-hydrogen) atoms. The molecule has 2 bridgehead atoms. The molecule has 0 radical (unpaired) electrons. The van der Waals surface area contributed by atoms with E-state index >= 15 is 0 Å². The van der Waals surface area contributed by atoms with E-state index in [2.05, 4.69) is 19.2 Å². The summed E-state index contributed by atoms with van der Waals surface area (Å²) >= 11 is 0. The highest BCUT2D eigenvalue weighted by Gasteiger charge is 2.53. The van der Waals surface area contributed by atoms with Crippen LogP contribution in [0.25, 0.3) is 0 Å². The molecule has 4 atom stereocenters. The normalized spacial score (nSPS) is 32.6. The van der Waals surface area contributed by atoms with E-state index in [0.29, 0.717) is 23.8 Å². The Morgan fingerprint density at radius 2 is 2.11 bits per heavy atom. The quantitative estimate of drug-likeness (QED) is 0.787. The third-order valence-corrected chi connectivity index (χ3v) is 5.34. The fourth-order valence-corrected chi connectivity index (χ4v) is 3.87. The first-order valence-corrected chi connectivity index (χ1v) is 7.05. The van der Waals surface area contributed by atoms with Crippen molar-refractivity contribution in [1.29, 1.82) is 5.26 Å². The Hall–Kier alpha value is -1.37. The molecule has 0 aromatic rings. The molecule has 0 aromatic heterocycles. The fraction of sp³-hybridized carbons (Fsp3) is 0.800. The van der Waals surface area contributed by atoms with Crippen molar-refractivity contribution in [2.75, 3.05) is 6.54 Å². The molecule has 3 rings (SSSR count). The summed E-state index contributed by atoms with van der Waals surface area (Å²) in [5.74, 6) is 0.0425. The van der Waals surface area contributed by atoms with Gasteiger partial charge in [0.25, 0.3) is 0 Å². The van der Waals surface area contributed by atoms with Gasteiger partial charge in [0.2, 0.25) is 5.91 Å². The molecule has 3 aliphatic carbocycles. The van der Waals surface area contributed by atoms with Crippen LogP contribution in [0.15, 0.2) is 0 Å². The summed E-state index contributed by atoms with van der Waals surface area (Å²) in [5, 5.41) is 11.6. The second kappa shape index (κ2) is 4.96. The molecule has 4 heteroatoms. The lowest BCUT2D eigenvalue weighted by atomic mass is 9.45. The first-order valence-electron chi connectivity index (χ1n) is 7.05. The second-order valence-electron chi connectivity index (χ2n) is 6.62. The standard InChI is InChI=1S/C15H22N2O2/c1-9(18)12(7-16)14(19)17-8-10-4-5-11-6-13(10)15(11,2)3/h10-13H,4-6,8H2,1-3H3,(H,17,19)/t10?,11-,12?,13-/m0/s1. The third kappa shape index (κ3) is 2.39. The van der Waals surface area contributed by atoms with Crippen LogP contribution in [0, 0.1) is 40.4 Å². The van der Waals surface area contributed by atoms with Crippen LogP contribution in [0.3, 0.4) is 0 Å². The molecular formula is C15H22N2O2. The maximum Gasteiger partial charge on any atom is 0.244 e. The Morgan fingerprint density at radius 3 is 2.58 bits per heavy atom. The van der Waals surface area contributed by atoms with Crippen molar-refractivity contribution in [2.45, 2.75) is 40.0 Å². The summed E-state index contributed by atoms with van der Waals surface area (Å²) in [6.07, 6.45) is 3.65. The van der Waals surface area contributed by atoms with Crippen molar-refractivity contribution in [3.63, 3.8) is 0 Å². The van der Waals surface area contributed by atoms with Gasteiger partial charge in [0.1, 0.15) is 0 Å². The molecule has 0 saturated heterocycles. The van der Waals surface area contributed by atoms with Crippen molar-refractivity contribution in [2.24, 2.45) is 29.1 Å². The molecule has 1 N–H and O–H groups in total. The van der Waals surface area contributed by atoms with Gasteiger partial charge < -0.3 is 5.32 Å². The molecule has 4 nitrogen and oxygen atoms in total. The minimum absolute atomic E-state index is 0.382. The van der Waals surface area contributed by atoms with Crippen LogP contribution in [-0.2, 0) is 9.59 Å². The van der Waals surface area contributed by atoms with Gasteiger partial charge in [0.05, 0.1) is 6.07 Å². The van der Waals surface area contributed by atoms with Gasteiger partial charge in [-0.15, -0.1) is 0 Å². The zero-order chi connectivity index (χ0) is 14.2. The van der Waals surface area contributed by atoms with E-state index in [-0.39, 0.29) is 5.78 Å². The molecule has 3 saturated carbocycles. The van der Waals surface area contributed by atoms with Gasteiger partial charge in [-0.2, -0.15) is 5.26 Å². The van der Waals surface area contributed by atoms with Crippen molar-refractivity contribution in [3.05, 3.63) is 0 Å². The van der Waals surface area contributed by atoms with Crippen LogP contribution >= 0.6 is 0 Å². The molecule has 0 spiro atoms. The number of hydrogen-bond donors (Lipinski definition) is 1. The molecule has 3 fully saturated rings. The van der Waals surface area contributed by atoms with E-state index in [1.165, 1.54) is 19.8 Å². The van der Waals surface area contributed by atoms with Gasteiger partial charge >= 0.3 is 0 Å². The molecule has 2 unspecified atom stereocenters. The number of nitrogens with zero attached hydrogens (tertiary/aromatic N) is 1. The van der Waals surface area contributed by atoms with Gasteiger partial charge in [-0.05, 0) is 49.4 Å². The van der Waals surface area contributed by atoms with E-state index in [4.69, 9.17) is 5.26 Å². The van der Waals surface area contributed by atoms with Crippen LogP contribution in [-0.4, -0.2) is 18.2 Å². The predicted octanol–water partition coefficient (Wildman–Crippen LogP) is 1.90. The van der Waals surface area contributed by atoms with Gasteiger partial charge in [0.15, 0.2) is 11.7 Å². The van der Waals surface area contributed by atoms with Crippen molar-refractivity contribution in [3.8, 4) is 6.07 Å². The number of nitriles is 1. The largest absolute Gasteiger partial charge is 0.354 e. The average Bonchev–Trinajstić information content (AvgIpc) is 2.36. The minimum Gasteiger partial charge on any atom is -0.354 e. The Kier molecular flexibility index (Phi) is 3.66. The molecule has 1 amide bonds. The van der Waals surface area contributed by atoms with Crippen molar-refractivity contribution < 1.29 is 9.59 Å². The zero-order valence-corrected chi connectivity index (χ0v) is 11.9. The van der Waals surface area contributed by atoms with Crippen LogP contribution in [0.1, 0.15) is 40.0 Å². The molecule has 0 aromatic carbocycles. The predicted molar refractivity (Wildman–Crippen MR) is 70.9 cm³/mol. The summed E-state index contributed by atoms with van der Waals surface area (Å²) in [6, 6.07) is 1.76. The van der Waals surface area contributed by atoms with Gasteiger partial charge in [-0.1, -0.05) is 13.8 Å². The van der Waals surface area contributed by atoms with Crippen LogP contribution in [0.4, 0.5) is 0 Å². The summed E-state index contributed by atoms with van der Waals surface area (Å²) in [5.41, 5.74) is 0.392. The maximum atomic E-state index is 11.8. The summed E-state index contributed by atoms with van der Waals surface area (Å²) in [6.45, 7) is 6.51. The van der Waals surface area contributed by atoms with Gasteiger partial charge in [-0.3, -0.25) is 9.59 Å². The maximum absolute atomic E-state index is 11.8. The lowest BCUT2D eigenvalue weighted by Gasteiger charge is -2.60. The van der Waals surface area contributed by atoms with Crippen molar-refractivity contribution in [1.82, 2.24) is 5.32 Å². The van der Waals surface area contributed by atoms with Crippen molar-refractivity contribution >= 4 is 11.7 Å². The Balaban J connectivity index is 1.88. The lowest BCUT2D eigenvalue weighted by molar-refractivity contribution is -0.132. The van der Waals surface area contributed by atoms with Crippen LogP contribution < -0.4 is 5.32 Å². The number of fused-ring (bicyclic) bond motifs is 2. The van der Waals surface area contributed by atoms with E-state index in [0.717, 1.165) is 12.3 Å². The van der Waals surface area contributed by atoms with E-state index in [9.17, 15) is 9.59 Å². The van der Waals surface area contributed by atoms with Gasteiger partial charge in [0, 0.05) is 6.54 Å². The second-order valence-corrected chi connectivity index (χ2v) is 6.62. The smallest absolute Gasteiger partial charge is 0.244 e. The molecule has 3 aliphatic rings. The highest BCUT2D eigenvalue weighted by atomic mass is 16.2. The average molecular weight is 262 g/mol. The van der Waals surface area contributed by atoms with E-state index in [1.54, 1.807) is 6.07 Å². The van der Waals surface area contributed by atoms with Crippen LogP contribution in [0.5, 0.6) is 0 Å². The summed E-state index contributed by atoms with van der Waals surface area (Å²) in [4.78, 5) is 22.9. The molecule has 0 aliphatic heterocycles. The van der Waals surface area contributed by atoms with Crippen LogP contribution in [0.2, 0.25) is 0 Å². The number of ketones is 1. The molecule has 104 valence electrons. The first kappa shape index (κ1) is 14.0. The Bertz CT molecular complexity index is 434. The van der Waals surface area contributed by atoms with Gasteiger partial charge in [-0.25, -0.2) is 0 Å². The molecule has 0 heterocycles. The Morgan fingerprint density at radius 1 is 1.42 bits per heavy atom. The highest BCUT2D eigenvalue weighted by Crippen LogP contribution is 2.61. The first-order chi connectivity index (χ1) is 8.87. The summed E-state index contributed by atoms with van der Waals surface area (Å²) < 4.78 is 0. The number of amides is 1. The number of nitrogens with one attached hydrogen (secondary N) is 1. The Labute approximate surface area is 114 Å². The van der Waals surface area contributed by atoms with E-state index in [1.807, 2.05) is 0 Å². The number of carbonyl (C=O) groups is 2. The SMILES string of the molecule is CC(=O)C(C#N)C(=O)NCC1CC[C@H]2C[C@@H]1C2(C)C. The highest BCUT2D eigenvalue weighted by molar-refractivity contribution is 6.02. The topological polar surface area (TPSA) is 70.0 Å². The number of carbonyl (C=O) groups excluding carboxylic acids is 2. The molecular weight excluding hydrogens is 240 g/mol. The summed E-state index contributed by atoms with van der Waals surface area (Å²) in [7, 11) is 0. The number of hydrogen-bond acceptors (Lipinski definition) is 3. The minimum atomic E-state index is -1.15. The lowest BCUT2D eigenvalue weighted by Crippen LogP contribution is -2.55. The third-order valence-electron chi connectivity index (χ3n) is 5.34. The zero-order valence-electron chi connectivity index (χ0n) is 11.9. The van der Waals surface area contributed by atoms with E-state index < -0.39 is 11.8 Å². The number of Topliss-reactive ketones (excluding diaryl/α,β-unsaturated/α-hetero) is 1. The fourth-order valence-electron chi connectivity index (χ4n) is 3.87. The monoisotopic (exact) mass is 262 g/mol. The number of rotatable bonds is 4.